The molecule has 4 N–H and O–H groups in total. The SMILES string of the molecule is OC[C@@]12CO[C@@H](O1)[C@@H](O)[C@@H](O)[C@@H]2O. The molecule has 5 atom stereocenters. The fourth-order valence-electron chi connectivity index (χ4n) is 1.68. The average molecular weight is 192 g/mol. The summed E-state index contributed by atoms with van der Waals surface area (Å²) < 4.78 is 10.1. The van der Waals surface area contributed by atoms with Crippen molar-refractivity contribution in [1.82, 2.24) is 0 Å². The maximum atomic E-state index is 9.51. The third-order valence-electron chi connectivity index (χ3n) is 2.60. The molecule has 2 aliphatic heterocycles. The van der Waals surface area contributed by atoms with Gasteiger partial charge in [0.1, 0.15) is 23.9 Å². The molecule has 2 bridgehead atoms. The highest BCUT2D eigenvalue weighted by Gasteiger charge is 2.58. The van der Waals surface area contributed by atoms with Crippen molar-refractivity contribution in [3.05, 3.63) is 0 Å². The maximum Gasteiger partial charge on any atom is 0.187 e. The van der Waals surface area contributed by atoms with Gasteiger partial charge in [0.25, 0.3) is 0 Å². The average Bonchev–Trinajstić information content (AvgIpc) is 2.55. The lowest BCUT2D eigenvalue weighted by Crippen LogP contribution is -2.62. The van der Waals surface area contributed by atoms with E-state index < -0.39 is 36.8 Å². The molecule has 0 radical (unpaired) electrons. The van der Waals surface area contributed by atoms with E-state index in [4.69, 9.17) is 14.6 Å². The van der Waals surface area contributed by atoms with E-state index in [1.54, 1.807) is 0 Å². The van der Waals surface area contributed by atoms with Crippen molar-refractivity contribution in [3.63, 3.8) is 0 Å². The van der Waals surface area contributed by atoms with Gasteiger partial charge >= 0.3 is 0 Å². The van der Waals surface area contributed by atoms with Gasteiger partial charge < -0.3 is 29.9 Å². The second-order valence-electron chi connectivity index (χ2n) is 3.45. The quantitative estimate of drug-likeness (QED) is 0.358. The largest absolute Gasteiger partial charge is 0.393 e. The zero-order valence-electron chi connectivity index (χ0n) is 6.83. The molecule has 2 fully saturated rings. The molecule has 6 nitrogen and oxygen atoms in total. The van der Waals surface area contributed by atoms with Crippen LogP contribution in [0.4, 0.5) is 0 Å². The van der Waals surface area contributed by atoms with Crippen LogP contribution in [0.2, 0.25) is 0 Å². The van der Waals surface area contributed by atoms with Crippen LogP contribution in [0.25, 0.3) is 0 Å². The molecule has 0 aromatic heterocycles. The molecule has 2 saturated heterocycles. The molecule has 0 unspecified atom stereocenters. The lowest BCUT2D eigenvalue weighted by molar-refractivity contribution is -0.265. The van der Waals surface area contributed by atoms with Crippen molar-refractivity contribution in [2.24, 2.45) is 0 Å². The van der Waals surface area contributed by atoms with Gasteiger partial charge in [0, 0.05) is 0 Å². The number of ether oxygens (including phenoxy) is 2. The van der Waals surface area contributed by atoms with Crippen LogP contribution in [0.3, 0.4) is 0 Å². The van der Waals surface area contributed by atoms with E-state index in [-0.39, 0.29) is 6.61 Å². The van der Waals surface area contributed by atoms with Crippen molar-refractivity contribution < 1.29 is 29.9 Å². The van der Waals surface area contributed by atoms with Crippen LogP contribution in [-0.2, 0) is 9.47 Å². The fraction of sp³-hybridized carbons (Fsp3) is 1.00. The Kier molecular flexibility index (Phi) is 2.06. The number of rotatable bonds is 1. The van der Waals surface area contributed by atoms with Gasteiger partial charge in [0.15, 0.2) is 6.29 Å². The van der Waals surface area contributed by atoms with E-state index in [1.807, 2.05) is 0 Å². The summed E-state index contributed by atoms with van der Waals surface area (Å²) in [5.41, 5.74) is -1.27. The van der Waals surface area contributed by atoms with Crippen LogP contribution in [0.15, 0.2) is 0 Å². The van der Waals surface area contributed by atoms with Gasteiger partial charge in [-0.3, -0.25) is 0 Å². The van der Waals surface area contributed by atoms with E-state index in [0.717, 1.165) is 0 Å². The minimum atomic E-state index is -1.34. The topological polar surface area (TPSA) is 99.4 Å². The molecular weight excluding hydrogens is 180 g/mol. The van der Waals surface area contributed by atoms with E-state index in [2.05, 4.69) is 0 Å². The molecule has 76 valence electrons. The van der Waals surface area contributed by atoms with Crippen LogP contribution in [0.5, 0.6) is 0 Å². The zero-order valence-corrected chi connectivity index (χ0v) is 6.83. The van der Waals surface area contributed by atoms with Crippen LogP contribution in [0.1, 0.15) is 0 Å². The van der Waals surface area contributed by atoms with Gasteiger partial charge in [-0.2, -0.15) is 0 Å². The third kappa shape index (κ3) is 1.11. The molecule has 0 aliphatic carbocycles. The van der Waals surface area contributed by atoms with Crippen LogP contribution in [-0.4, -0.2) is 63.8 Å². The Bertz CT molecular complexity index is 209. The zero-order chi connectivity index (χ0) is 9.64. The molecule has 2 rings (SSSR count). The van der Waals surface area contributed by atoms with E-state index in [1.165, 1.54) is 0 Å². The fourth-order valence-corrected chi connectivity index (χ4v) is 1.68. The highest BCUT2D eigenvalue weighted by molar-refractivity contribution is 5.03. The summed E-state index contributed by atoms with van der Waals surface area (Å²) in [5, 5.41) is 37.2. The molecule has 2 heterocycles. The monoisotopic (exact) mass is 192 g/mol. The predicted molar refractivity (Wildman–Crippen MR) is 38.7 cm³/mol. The second kappa shape index (κ2) is 2.88. The summed E-state index contributed by atoms with van der Waals surface area (Å²) in [6, 6.07) is 0. The molecule has 0 aromatic rings. The Labute approximate surface area is 74.3 Å². The van der Waals surface area contributed by atoms with Crippen LogP contribution in [0, 0.1) is 0 Å². The summed E-state index contributed by atoms with van der Waals surface area (Å²) in [7, 11) is 0. The summed E-state index contributed by atoms with van der Waals surface area (Å²) in [6.07, 6.45) is -4.89. The molecule has 0 spiro atoms. The van der Waals surface area contributed by atoms with Gasteiger partial charge in [-0.15, -0.1) is 0 Å². The first-order valence-corrected chi connectivity index (χ1v) is 4.05. The first-order valence-electron chi connectivity index (χ1n) is 4.05. The number of aliphatic hydroxyl groups excluding tert-OH is 4. The van der Waals surface area contributed by atoms with Gasteiger partial charge in [-0.05, 0) is 0 Å². The Morgan fingerprint density at radius 3 is 2.54 bits per heavy atom. The van der Waals surface area contributed by atoms with Crippen molar-refractivity contribution in [1.29, 1.82) is 0 Å². The first kappa shape index (κ1) is 9.32. The Morgan fingerprint density at radius 1 is 1.23 bits per heavy atom. The summed E-state index contributed by atoms with van der Waals surface area (Å²) in [4.78, 5) is 0. The lowest BCUT2D eigenvalue weighted by Gasteiger charge is -2.39. The Balaban J connectivity index is 2.25. The van der Waals surface area contributed by atoms with Gasteiger partial charge in [-0.25, -0.2) is 0 Å². The highest BCUT2D eigenvalue weighted by atomic mass is 16.8. The smallest absolute Gasteiger partial charge is 0.187 e. The van der Waals surface area contributed by atoms with Crippen molar-refractivity contribution in [2.75, 3.05) is 13.2 Å². The molecule has 6 heteroatoms. The molecule has 13 heavy (non-hydrogen) atoms. The van der Waals surface area contributed by atoms with E-state index >= 15 is 0 Å². The molecule has 0 amide bonds. The van der Waals surface area contributed by atoms with Crippen molar-refractivity contribution in [3.8, 4) is 0 Å². The normalized spacial score (nSPS) is 55.4. The van der Waals surface area contributed by atoms with E-state index in [0.29, 0.717) is 0 Å². The summed E-state index contributed by atoms with van der Waals surface area (Å²) in [6.45, 7) is -0.474. The molecule has 0 saturated carbocycles. The van der Waals surface area contributed by atoms with Gasteiger partial charge in [0.05, 0.1) is 13.2 Å². The second-order valence-corrected chi connectivity index (χ2v) is 3.45. The Hall–Kier alpha value is -0.240. The number of hydrogen-bond acceptors (Lipinski definition) is 6. The molecule has 0 aromatic carbocycles. The number of fused-ring (bicyclic) bond motifs is 2. The van der Waals surface area contributed by atoms with Crippen LogP contribution < -0.4 is 0 Å². The maximum absolute atomic E-state index is 9.51. The lowest BCUT2D eigenvalue weighted by atomic mass is 9.90. The number of aliphatic hydroxyl groups is 4. The van der Waals surface area contributed by atoms with Crippen molar-refractivity contribution >= 4 is 0 Å². The first-order chi connectivity index (χ1) is 6.10. The van der Waals surface area contributed by atoms with Crippen molar-refractivity contribution in [2.45, 2.75) is 30.2 Å². The van der Waals surface area contributed by atoms with E-state index in [9.17, 15) is 15.3 Å². The molecular formula is C7H12O6. The minimum Gasteiger partial charge on any atom is -0.393 e. The Morgan fingerprint density at radius 2 is 1.92 bits per heavy atom. The standard InChI is InChI=1S/C7H12O6/c8-1-7-2-12-6(13-7)4(10)3(9)5(7)11/h3-6,8-11H,1-2H2/t3-,4+,5+,6+,7+/m1/s1. The van der Waals surface area contributed by atoms with Gasteiger partial charge in [-0.1, -0.05) is 0 Å². The minimum absolute atomic E-state index is 0.0244. The number of hydrogen-bond donors (Lipinski definition) is 4. The third-order valence-corrected chi connectivity index (χ3v) is 2.60. The highest BCUT2D eigenvalue weighted by Crippen LogP contribution is 2.36. The summed E-state index contributed by atoms with van der Waals surface area (Å²) in [5.74, 6) is 0. The predicted octanol–water partition coefficient (Wildman–Crippen LogP) is -2.81. The van der Waals surface area contributed by atoms with Gasteiger partial charge in [0.2, 0.25) is 0 Å². The van der Waals surface area contributed by atoms with Crippen LogP contribution >= 0.6 is 0 Å². The molecule has 2 aliphatic rings. The summed E-state index contributed by atoms with van der Waals surface area (Å²) >= 11 is 0.